The highest BCUT2D eigenvalue weighted by Crippen LogP contribution is 2.19. The van der Waals surface area contributed by atoms with Gasteiger partial charge in [0.1, 0.15) is 11.8 Å². The van der Waals surface area contributed by atoms with E-state index in [1.54, 1.807) is 19.9 Å². The molecule has 1 aromatic heterocycles. The summed E-state index contributed by atoms with van der Waals surface area (Å²) in [5.74, 6) is -0.639. The third-order valence-electron chi connectivity index (χ3n) is 3.52. The van der Waals surface area contributed by atoms with Crippen LogP contribution in [0.4, 0.5) is 0 Å². The van der Waals surface area contributed by atoms with E-state index in [2.05, 4.69) is 0 Å². The molecule has 0 aliphatic rings. The van der Waals surface area contributed by atoms with Crippen LogP contribution in [-0.4, -0.2) is 27.9 Å². The van der Waals surface area contributed by atoms with Crippen molar-refractivity contribution in [2.45, 2.75) is 33.4 Å². The van der Waals surface area contributed by atoms with Crippen LogP contribution < -0.4 is 0 Å². The van der Waals surface area contributed by atoms with E-state index in [1.165, 1.54) is 11.8 Å². The van der Waals surface area contributed by atoms with Gasteiger partial charge in [-0.05, 0) is 32.4 Å². The topological polar surface area (TPSA) is 70.8 Å². The zero-order valence-corrected chi connectivity index (χ0v) is 12.9. The van der Waals surface area contributed by atoms with Crippen LogP contribution in [0.15, 0.2) is 40.8 Å². The van der Waals surface area contributed by atoms with Gasteiger partial charge >= 0.3 is 5.97 Å². The fourth-order valence-corrected chi connectivity index (χ4v) is 2.28. The second kappa shape index (κ2) is 6.47. The number of carbonyl (C=O) groups excluding carboxylic acids is 1. The Balaban J connectivity index is 2.33. The Kier molecular flexibility index (Phi) is 4.65. The molecule has 116 valence electrons. The number of rotatable bonds is 5. The predicted octanol–water partition coefficient (Wildman–Crippen LogP) is 3.01. The number of aryl methyl sites for hydroxylation is 2. The maximum absolute atomic E-state index is 12.7. The Morgan fingerprint density at radius 3 is 2.36 bits per heavy atom. The van der Waals surface area contributed by atoms with Gasteiger partial charge in [0.2, 0.25) is 0 Å². The number of amides is 1. The summed E-state index contributed by atoms with van der Waals surface area (Å²) in [5, 5.41) is 9.28. The number of carboxylic acid groups (broad SMARTS) is 1. The monoisotopic (exact) mass is 301 g/mol. The number of benzene rings is 1. The van der Waals surface area contributed by atoms with Crippen LogP contribution in [-0.2, 0) is 11.3 Å². The van der Waals surface area contributed by atoms with Crippen molar-refractivity contribution in [1.82, 2.24) is 4.90 Å². The lowest BCUT2D eigenvalue weighted by atomic mass is 10.1. The molecule has 1 N–H and O–H groups in total. The van der Waals surface area contributed by atoms with Crippen molar-refractivity contribution < 1.29 is 19.1 Å². The number of hydrogen-bond acceptors (Lipinski definition) is 3. The molecule has 0 bridgehead atoms. The third-order valence-corrected chi connectivity index (χ3v) is 3.52. The molecule has 2 rings (SSSR count). The Hall–Kier alpha value is -2.56. The molecule has 0 saturated carbocycles. The van der Waals surface area contributed by atoms with Crippen LogP contribution in [0.25, 0.3) is 0 Å². The molecular weight excluding hydrogens is 282 g/mol. The number of aliphatic carboxylic acids is 1. The average molecular weight is 301 g/mol. The molecule has 0 spiro atoms. The van der Waals surface area contributed by atoms with Crippen LogP contribution in [0.3, 0.4) is 0 Å². The third kappa shape index (κ3) is 3.36. The molecule has 2 aromatic rings. The largest absolute Gasteiger partial charge is 0.480 e. The SMILES string of the molecule is Cc1cc(C)c(C(=O)N(Cc2ccccc2)C(C)C(=O)O)o1. The van der Waals surface area contributed by atoms with Gasteiger partial charge in [0, 0.05) is 12.1 Å². The zero-order valence-electron chi connectivity index (χ0n) is 12.9. The molecule has 0 aliphatic carbocycles. The van der Waals surface area contributed by atoms with Crippen molar-refractivity contribution >= 4 is 11.9 Å². The zero-order chi connectivity index (χ0) is 16.3. The standard InChI is InChI=1S/C17H19NO4/c1-11-9-12(2)22-15(11)16(19)18(13(3)17(20)21)10-14-7-5-4-6-8-14/h4-9,13H,10H2,1-3H3,(H,20,21). The normalized spacial score (nSPS) is 12.0. The van der Waals surface area contributed by atoms with Gasteiger partial charge in [-0.15, -0.1) is 0 Å². The van der Waals surface area contributed by atoms with Gasteiger partial charge in [-0.25, -0.2) is 4.79 Å². The average Bonchev–Trinajstić information content (AvgIpc) is 2.83. The second-order valence-corrected chi connectivity index (χ2v) is 5.30. The highest BCUT2D eigenvalue weighted by molar-refractivity contribution is 5.95. The molecule has 1 unspecified atom stereocenters. The summed E-state index contributed by atoms with van der Waals surface area (Å²) in [5.41, 5.74) is 1.57. The van der Waals surface area contributed by atoms with Gasteiger partial charge in [0.25, 0.3) is 5.91 Å². The first-order valence-corrected chi connectivity index (χ1v) is 7.05. The minimum Gasteiger partial charge on any atom is -0.480 e. The van der Waals surface area contributed by atoms with Crippen molar-refractivity contribution in [2.24, 2.45) is 0 Å². The van der Waals surface area contributed by atoms with Crippen LogP contribution in [0.2, 0.25) is 0 Å². The minimum atomic E-state index is -1.05. The van der Waals surface area contributed by atoms with Crippen LogP contribution >= 0.6 is 0 Å². The fraction of sp³-hybridized carbons (Fsp3) is 0.294. The van der Waals surface area contributed by atoms with Crippen LogP contribution in [0.1, 0.15) is 34.4 Å². The maximum atomic E-state index is 12.7. The first kappa shape index (κ1) is 15.8. The predicted molar refractivity (Wildman–Crippen MR) is 81.6 cm³/mol. The van der Waals surface area contributed by atoms with Gasteiger partial charge in [0.05, 0.1) is 0 Å². The van der Waals surface area contributed by atoms with Gasteiger partial charge in [-0.1, -0.05) is 30.3 Å². The minimum absolute atomic E-state index is 0.196. The quantitative estimate of drug-likeness (QED) is 0.921. The summed E-state index contributed by atoms with van der Waals surface area (Å²) in [4.78, 5) is 25.3. The smallest absolute Gasteiger partial charge is 0.326 e. The molecule has 5 heteroatoms. The van der Waals surface area contributed by atoms with Crippen LogP contribution in [0.5, 0.6) is 0 Å². The lowest BCUT2D eigenvalue weighted by Crippen LogP contribution is -2.42. The highest BCUT2D eigenvalue weighted by Gasteiger charge is 2.29. The molecule has 0 saturated heterocycles. The van der Waals surface area contributed by atoms with Gasteiger partial charge < -0.3 is 14.4 Å². The van der Waals surface area contributed by atoms with E-state index in [0.29, 0.717) is 11.3 Å². The highest BCUT2D eigenvalue weighted by atomic mass is 16.4. The number of hydrogen-bond donors (Lipinski definition) is 1. The summed E-state index contributed by atoms with van der Waals surface area (Å²) >= 11 is 0. The van der Waals surface area contributed by atoms with E-state index in [9.17, 15) is 14.7 Å². The van der Waals surface area contributed by atoms with Gasteiger partial charge in [-0.2, -0.15) is 0 Å². The van der Waals surface area contributed by atoms with Crippen molar-refractivity contribution in [3.8, 4) is 0 Å². The molecule has 0 aliphatic heterocycles. The number of carboxylic acids is 1. The molecule has 1 aromatic carbocycles. The van der Waals surface area contributed by atoms with E-state index in [4.69, 9.17) is 4.42 Å². The van der Waals surface area contributed by atoms with E-state index in [0.717, 1.165) is 5.56 Å². The molecule has 1 amide bonds. The van der Waals surface area contributed by atoms with Crippen LogP contribution in [0, 0.1) is 13.8 Å². The van der Waals surface area contributed by atoms with E-state index in [1.807, 2.05) is 30.3 Å². The van der Waals surface area contributed by atoms with Gasteiger partial charge in [0.15, 0.2) is 5.76 Å². The molecule has 0 radical (unpaired) electrons. The summed E-state index contributed by atoms with van der Waals surface area (Å²) in [6, 6.07) is 10.1. The molecule has 0 fully saturated rings. The number of furan rings is 1. The Morgan fingerprint density at radius 2 is 1.86 bits per heavy atom. The fourth-order valence-electron chi connectivity index (χ4n) is 2.28. The number of nitrogens with zero attached hydrogens (tertiary/aromatic N) is 1. The molecule has 1 heterocycles. The Labute approximate surface area is 129 Å². The number of carbonyl (C=O) groups is 2. The first-order chi connectivity index (χ1) is 10.4. The molecule has 22 heavy (non-hydrogen) atoms. The van der Waals surface area contributed by atoms with Crippen molar-refractivity contribution in [3.05, 3.63) is 59.0 Å². The summed E-state index contributed by atoms with van der Waals surface area (Å²) < 4.78 is 5.44. The van der Waals surface area contributed by atoms with Crippen molar-refractivity contribution in [1.29, 1.82) is 0 Å². The summed E-state index contributed by atoms with van der Waals surface area (Å²) in [6.07, 6.45) is 0. The lowest BCUT2D eigenvalue weighted by Gasteiger charge is -2.26. The Morgan fingerprint density at radius 1 is 1.23 bits per heavy atom. The van der Waals surface area contributed by atoms with E-state index < -0.39 is 17.9 Å². The van der Waals surface area contributed by atoms with Crippen molar-refractivity contribution in [3.63, 3.8) is 0 Å². The molecule has 5 nitrogen and oxygen atoms in total. The van der Waals surface area contributed by atoms with Crippen molar-refractivity contribution in [2.75, 3.05) is 0 Å². The molecule has 1 atom stereocenters. The first-order valence-electron chi connectivity index (χ1n) is 7.05. The van der Waals surface area contributed by atoms with Gasteiger partial charge in [-0.3, -0.25) is 4.79 Å². The lowest BCUT2D eigenvalue weighted by molar-refractivity contribution is -0.141. The summed E-state index contributed by atoms with van der Waals surface area (Å²) in [7, 11) is 0. The Bertz CT molecular complexity index is 675. The van der Waals surface area contributed by atoms with E-state index >= 15 is 0 Å². The second-order valence-electron chi connectivity index (χ2n) is 5.30. The summed E-state index contributed by atoms with van der Waals surface area (Å²) in [6.45, 7) is 5.24. The maximum Gasteiger partial charge on any atom is 0.326 e. The molecular formula is C17H19NO4. The van der Waals surface area contributed by atoms with E-state index in [-0.39, 0.29) is 12.3 Å².